The Bertz CT molecular complexity index is 603. The van der Waals surface area contributed by atoms with Crippen LogP contribution in [0.2, 0.25) is 5.02 Å². The van der Waals surface area contributed by atoms with Gasteiger partial charge in [-0.25, -0.2) is 0 Å². The average Bonchev–Trinajstić information content (AvgIpc) is 2.69. The molecule has 150 valence electrons. The molecule has 1 aliphatic rings. The Balaban J connectivity index is 1.83. The smallest absolute Gasteiger partial charge is 0.251 e. The number of carbonyl (C=O) groups excluding carboxylic acids is 2. The maximum Gasteiger partial charge on any atom is 0.251 e. The van der Waals surface area contributed by atoms with Gasteiger partial charge in [-0.05, 0) is 43.1 Å². The van der Waals surface area contributed by atoms with E-state index < -0.39 is 6.04 Å². The van der Waals surface area contributed by atoms with Gasteiger partial charge in [-0.1, -0.05) is 31.9 Å². The molecule has 27 heavy (non-hydrogen) atoms. The molecule has 0 spiro atoms. The Morgan fingerprint density at radius 3 is 2.52 bits per heavy atom. The van der Waals surface area contributed by atoms with E-state index in [-0.39, 0.29) is 17.7 Å². The van der Waals surface area contributed by atoms with Gasteiger partial charge in [0.15, 0.2) is 0 Å². The number of amides is 2. The van der Waals surface area contributed by atoms with Gasteiger partial charge in [0.2, 0.25) is 5.91 Å². The summed E-state index contributed by atoms with van der Waals surface area (Å²) >= 11 is 5.87. The maximum atomic E-state index is 12.6. The molecule has 1 aromatic rings. The van der Waals surface area contributed by atoms with Crippen LogP contribution in [0.5, 0.6) is 0 Å². The van der Waals surface area contributed by atoms with Crippen molar-refractivity contribution < 1.29 is 14.3 Å². The molecule has 2 atom stereocenters. The molecule has 0 saturated carbocycles. The summed E-state index contributed by atoms with van der Waals surface area (Å²) in [7, 11) is 0. The molecule has 0 aromatic heterocycles. The third-order valence-corrected chi connectivity index (χ3v) is 5.19. The molecular weight excluding hydrogens is 366 g/mol. The van der Waals surface area contributed by atoms with Crippen LogP contribution in [-0.4, -0.2) is 62.1 Å². The van der Waals surface area contributed by atoms with E-state index in [1.165, 1.54) is 0 Å². The standard InChI is InChI=1S/C20H30ClN3O3/c1-3-15(2)18(23-19(25)16-5-7-17(21)8-6-16)20(26)22-9-4-10-24-11-13-27-14-12-24/h5-8,15,18H,3-4,9-14H2,1-2H3,(H,22,26)(H,23,25). The fourth-order valence-electron chi connectivity index (χ4n) is 2.98. The number of hydrogen-bond donors (Lipinski definition) is 2. The third kappa shape index (κ3) is 7.13. The van der Waals surface area contributed by atoms with Crippen molar-refractivity contribution >= 4 is 23.4 Å². The molecule has 1 aromatic carbocycles. The molecule has 1 heterocycles. The molecular formula is C20H30ClN3O3. The monoisotopic (exact) mass is 395 g/mol. The van der Waals surface area contributed by atoms with Crippen LogP contribution in [0.4, 0.5) is 0 Å². The van der Waals surface area contributed by atoms with Crippen molar-refractivity contribution in [2.45, 2.75) is 32.7 Å². The Labute approximate surface area is 166 Å². The second-order valence-corrected chi connectivity index (χ2v) is 7.38. The van der Waals surface area contributed by atoms with Gasteiger partial charge < -0.3 is 15.4 Å². The predicted octanol–water partition coefficient (Wildman–Crippen LogP) is 2.32. The first-order valence-electron chi connectivity index (χ1n) is 9.65. The summed E-state index contributed by atoms with van der Waals surface area (Å²) in [5.74, 6) is -0.352. The Morgan fingerprint density at radius 1 is 1.22 bits per heavy atom. The zero-order chi connectivity index (χ0) is 19.6. The van der Waals surface area contributed by atoms with Gasteiger partial charge in [0.25, 0.3) is 5.91 Å². The number of hydrogen-bond acceptors (Lipinski definition) is 4. The summed E-state index contributed by atoms with van der Waals surface area (Å²) in [6.45, 7) is 8.96. The van der Waals surface area contributed by atoms with Gasteiger partial charge in [-0.2, -0.15) is 0 Å². The summed E-state index contributed by atoms with van der Waals surface area (Å²) in [6.07, 6.45) is 1.68. The summed E-state index contributed by atoms with van der Waals surface area (Å²) in [6, 6.07) is 6.10. The number of nitrogens with zero attached hydrogens (tertiary/aromatic N) is 1. The van der Waals surface area contributed by atoms with Crippen LogP contribution < -0.4 is 10.6 Å². The summed E-state index contributed by atoms with van der Waals surface area (Å²) in [4.78, 5) is 27.4. The van der Waals surface area contributed by atoms with Crippen molar-refractivity contribution in [2.24, 2.45) is 5.92 Å². The third-order valence-electron chi connectivity index (χ3n) is 4.94. The molecule has 1 fully saturated rings. The van der Waals surface area contributed by atoms with Crippen LogP contribution in [0.25, 0.3) is 0 Å². The van der Waals surface area contributed by atoms with E-state index in [1.54, 1.807) is 24.3 Å². The van der Waals surface area contributed by atoms with Crippen LogP contribution in [-0.2, 0) is 9.53 Å². The van der Waals surface area contributed by atoms with E-state index >= 15 is 0 Å². The molecule has 1 aliphatic heterocycles. The molecule has 2 unspecified atom stereocenters. The second kappa shape index (κ2) is 11.3. The van der Waals surface area contributed by atoms with E-state index in [0.717, 1.165) is 45.7 Å². The van der Waals surface area contributed by atoms with Gasteiger partial charge in [-0.3, -0.25) is 14.5 Å². The number of carbonyl (C=O) groups is 2. The molecule has 2 N–H and O–H groups in total. The van der Waals surface area contributed by atoms with E-state index in [1.807, 2.05) is 13.8 Å². The molecule has 0 radical (unpaired) electrons. The highest BCUT2D eigenvalue weighted by molar-refractivity contribution is 6.30. The highest BCUT2D eigenvalue weighted by Crippen LogP contribution is 2.12. The number of nitrogens with one attached hydrogen (secondary N) is 2. The van der Waals surface area contributed by atoms with Crippen molar-refractivity contribution in [3.05, 3.63) is 34.9 Å². The second-order valence-electron chi connectivity index (χ2n) is 6.94. The zero-order valence-electron chi connectivity index (χ0n) is 16.2. The fourth-order valence-corrected chi connectivity index (χ4v) is 3.10. The van der Waals surface area contributed by atoms with E-state index in [0.29, 0.717) is 17.1 Å². The van der Waals surface area contributed by atoms with Gasteiger partial charge in [0.1, 0.15) is 6.04 Å². The molecule has 2 amide bonds. The van der Waals surface area contributed by atoms with Crippen LogP contribution in [0.3, 0.4) is 0 Å². The number of morpholine rings is 1. The van der Waals surface area contributed by atoms with Crippen LogP contribution in [0.1, 0.15) is 37.0 Å². The normalized spacial score (nSPS) is 17.1. The van der Waals surface area contributed by atoms with E-state index in [9.17, 15) is 9.59 Å². The lowest BCUT2D eigenvalue weighted by Gasteiger charge is -2.27. The SMILES string of the molecule is CCC(C)C(NC(=O)c1ccc(Cl)cc1)C(=O)NCCCN1CCOCC1. The van der Waals surface area contributed by atoms with Crippen LogP contribution >= 0.6 is 11.6 Å². The minimum Gasteiger partial charge on any atom is -0.379 e. The fraction of sp³-hybridized carbons (Fsp3) is 0.600. The number of ether oxygens (including phenoxy) is 1. The van der Waals surface area contributed by atoms with Crippen LogP contribution in [0, 0.1) is 5.92 Å². The number of benzene rings is 1. The van der Waals surface area contributed by atoms with Gasteiger partial charge >= 0.3 is 0 Å². The van der Waals surface area contributed by atoms with Gasteiger partial charge in [-0.15, -0.1) is 0 Å². The minimum absolute atomic E-state index is 0.0421. The van der Waals surface area contributed by atoms with Crippen molar-refractivity contribution in [1.82, 2.24) is 15.5 Å². The Hall–Kier alpha value is -1.63. The molecule has 0 aliphatic carbocycles. The quantitative estimate of drug-likeness (QED) is 0.629. The first-order chi connectivity index (χ1) is 13.0. The minimum atomic E-state index is -0.554. The molecule has 1 saturated heterocycles. The summed E-state index contributed by atoms with van der Waals surface area (Å²) < 4.78 is 5.34. The molecule has 0 bridgehead atoms. The van der Waals surface area contributed by atoms with E-state index in [2.05, 4.69) is 15.5 Å². The van der Waals surface area contributed by atoms with Crippen molar-refractivity contribution in [2.75, 3.05) is 39.4 Å². The summed E-state index contributed by atoms with van der Waals surface area (Å²) in [5.41, 5.74) is 0.493. The number of halogens is 1. The highest BCUT2D eigenvalue weighted by atomic mass is 35.5. The first kappa shape index (κ1) is 21.7. The maximum absolute atomic E-state index is 12.6. The molecule has 2 rings (SSSR count). The largest absolute Gasteiger partial charge is 0.379 e. The number of rotatable bonds is 9. The zero-order valence-corrected chi connectivity index (χ0v) is 16.9. The summed E-state index contributed by atoms with van der Waals surface area (Å²) in [5, 5.41) is 6.42. The topological polar surface area (TPSA) is 70.7 Å². The van der Waals surface area contributed by atoms with Gasteiger partial charge in [0, 0.05) is 30.2 Å². The lowest BCUT2D eigenvalue weighted by atomic mass is 9.97. The lowest BCUT2D eigenvalue weighted by Crippen LogP contribution is -2.50. The van der Waals surface area contributed by atoms with E-state index in [4.69, 9.17) is 16.3 Å². The first-order valence-corrected chi connectivity index (χ1v) is 10.0. The predicted molar refractivity (Wildman–Crippen MR) is 107 cm³/mol. The highest BCUT2D eigenvalue weighted by Gasteiger charge is 2.26. The Morgan fingerprint density at radius 2 is 1.89 bits per heavy atom. The Kier molecular flexibility index (Phi) is 9.04. The van der Waals surface area contributed by atoms with Crippen molar-refractivity contribution in [3.63, 3.8) is 0 Å². The molecule has 7 heteroatoms. The molecule has 6 nitrogen and oxygen atoms in total. The van der Waals surface area contributed by atoms with Crippen molar-refractivity contribution in [3.8, 4) is 0 Å². The average molecular weight is 396 g/mol. The van der Waals surface area contributed by atoms with Gasteiger partial charge in [0.05, 0.1) is 13.2 Å². The lowest BCUT2D eigenvalue weighted by molar-refractivity contribution is -0.124. The van der Waals surface area contributed by atoms with Crippen LogP contribution in [0.15, 0.2) is 24.3 Å². The van der Waals surface area contributed by atoms with Crippen molar-refractivity contribution in [1.29, 1.82) is 0 Å².